The lowest BCUT2D eigenvalue weighted by Crippen LogP contribution is -2.08. The fourth-order valence-corrected chi connectivity index (χ4v) is 3.68. The van der Waals surface area contributed by atoms with Crippen LogP contribution in [0.3, 0.4) is 0 Å². The van der Waals surface area contributed by atoms with Crippen molar-refractivity contribution in [1.82, 2.24) is 0 Å². The van der Waals surface area contributed by atoms with Gasteiger partial charge in [0.1, 0.15) is 12.2 Å². The van der Waals surface area contributed by atoms with Crippen molar-refractivity contribution >= 4 is 26.8 Å². The van der Waals surface area contributed by atoms with Gasteiger partial charge in [0.15, 0.2) is 9.84 Å². The summed E-state index contributed by atoms with van der Waals surface area (Å²) < 4.78 is 33.2. The Kier molecular flexibility index (Phi) is 5.65. The van der Waals surface area contributed by atoms with Crippen LogP contribution < -0.4 is 5.63 Å². The van der Waals surface area contributed by atoms with E-state index in [4.69, 9.17) is 9.15 Å². The summed E-state index contributed by atoms with van der Waals surface area (Å²) in [6.07, 6.45) is 1.97. The SMILES string of the molecule is CCc1ccc2c(COC(=O)c3ccc(CS(C)(=O)=O)cc3)cc(=O)oc2c1. The summed E-state index contributed by atoms with van der Waals surface area (Å²) in [5.74, 6) is -0.647. The average Bonchev–Trinajstić information content (AvgIpc) is 2.64. The van der Waals surface area contributed by atoms with Crippen molar-refractivity contribution in [2.45, 2.75) is 25.7 Å². The smallest absolute Gasteiger partial charge is 0.338 e. The third-order valence-electron chi connectivity index (χ3n) is 4.28. The molecule has 0 aliphatic heterocycles. The number of rotatable bonds is 6. The summed E-state index contributed by atoms with van der Waals surface area (Å²) in [6.45, 7) is 1.93. The summed E-state index contributed by atoms with van der Waals surface area (Å²) in [7, 11) is -3.14. The molecule has 6 nitrogen and oxygen atoms in total. The molecule has 0 fully saturated rings. The van der Waals surface area contributed by atoms with Crippen molar-refractivity contribution < 1.29 is 22.4 Å². The summed E-state index contributed by atoms with van der Waals surface area (Å²) in [4.78, 5) is 24.1. The van der Waals surface area contributed by atoms with Crippen LogP contribution in [0.25, 0.3) is 11.0 Å². The van der Waals surface area contributed by atoms with E-state index >= 15 is 0 Å². The Morgan fingerprint density at radius 3 is 2.36 bits per heavy atom. The lowest BCUT2D eigenvalue weighted by molar-refractivity contribution is 0.0474. The summed E-state index contributed by atoms with van der Waals surface area (Å²) in [6, 6.07) is 13.1. The van der Waals surface area contributed by atoms with E-state index in [1.165, 1.54) is 18.2 Å². The highest BCUT2D eigenvalue weighted by Gasteiger charge is 2.12. The van der Waals surface area contributed by atoms with E-state index < -0.39 is 21.4 Å². The van der Waals surface area contributed by atoms with Gasteiger partial charge in [0, 0.05) is 23.3 Å². The van der Waals surface area contributed by atoms with Crippen molar-refractivity contribution in [3.05, 3.63) is 81.2 Å². The minimum atomic E-state index is -3.14. The maximum Gasteiger partial charge on any atom is 0.338 e. The van der Waals surface area contributed by atoms with Crippen LogP contribution in [0.1, 0.15) is 34.0 Å². The minimum absolute atomic E-state index is 0.0719. The van der Waals surface area contributed by atoms with E-state index in [2.05, 4.69) is 0 Å². The Morgan fingerprint density at radius 2 is 1.71 bits per heavy atom. The van der Waals surface area contributed by atoms with Crippen LogP contribution >= 0.6 is 0 Å². The third-order valence-corrected chi connectivity index (χ3v) is 5.14. The fourth-order valence-electron chi connectivity index (χ4n) is 2.88. The second-order valence-corrected chi connectivity index (χ2v) is 8.76. The lowest BCUT2D eigenvalue weighted by atomic mass is 10.1. The molecule has 0 radical (unpaired) electrons. The zero-order valence-electron chi connectivity index (χ0n) is 15.6. The Labute approximate surface area is 162 Å². The minimum Gasteiger partial charge on any atom is -0.457 e. The lowest BCUT2D eigenvalue weighted by Gasteiger charge is -2.08. The molecule has 0 aliphatic carbocycles. The topological polar surface area (TPSA) is 90.7 Å². The molecule has 0 amide bonds. The number of esters is 1. The van der Waals surface area contributed by atoms with Gasteiger partial charge in [0.2, 0.25) is 0 Å². The number of benzene rings is 2. The Balaban J connectivity index is 1.76. The molecule has 0 saturated heterocycles. The zero-order valence-corrected chi connectivity index (χ0v) is 16.4. The van der Waals surface area contributed by atoms with Gasteiger partial charge in [-0.1, -0.05) is 31.2 Å². The molecular formula is C21H20O6S. The summed E-state index contributed by atoms with van der Waals surface area (Å²) in [5.41, 5.74) is 2.46. The van der Waals surface area contributed by atoms with Gasteiger partial charge in [-0.15, -0.1) is 0 Å². The Morgan fingerprint density at radius 1 is 1.04 bits per heavy atom. The second-order valence-electron chi connectivity index (χ2n) is 6.62. The van der Waals surface area contributed by atoms with E-state index in [0.717, 1.165) is 18.2 Å². The number of ether oxygens (including phenoxy) is 1. The van der Waals surface area contributed by atoms with Gasteiger partial charge in [-0.2, -0.15) is 0 Å². The first-order valence-electron chi connectivity index (χ1n) is 8.74. The van der Waals surface area contributed by atoms with Gasteiger partial charge in [0.05, 0.1) is 11.3 Å². The normalized spacial score (nSPS) is 11.5. The predicted octanol–water partition coefficient (Wildman–Crippen LogP) is 3.26. The van der Waals surface area contributed by atoms with E-state index in [1.807, 2.05) is 25.1 Å². The van der Waals surface area contributed by atoms with E-state index in [0.29, 0.717) is 27.7 Å². The average molecular weight is 400 g/mol. The molecule has 2 aromatic carbocycles. The summed E-state index contributed by atoms with van der Waals surface area (Å²) >= 11 is 0. The Hall–Kier alpha value is -2.93. The first-order valence-corrected chi connectivity index (χ1v) is 10.8. The zero-order chi connectivity index (χ0) is 20.3. The van der Waals surface area contributed by atoms with E-state index in [9.17, 15) is 18.0 Å². The molecule has 0 spiro atoms. The van der Waals surface area contributed by atoms with Crippen LogP contribution in [-0.2, 0) is 33.4 Å². The van der Waals surface area contributed by atoms with Crippen LogP contribution in [-0.4, -0.2) is 20.6 Å². The van der Waals surface area contributed by atoms with Crippen molar-refractivity contribution in [2.75, 3.05) is 6.26 Å². The number of aryl methyl sites for hydroxylation is 1. The molecule has 3 aromatic rings. The van der Waals surface area contributed by atoms with Crippen LogP contribution in [0.5, 0.6) is 0 Å². The van der Waals surface area contributed by atoms with Gasteiger partial charge in [0.25, 0.3) is 0 Å². The number of carbonyl (C=O) groups excluding carboxylic acids is 1. The molecule has 7 heteroatoms. The second kappa shape index (κ2) is 7.98. The Bertz CT molecular complexity index is 1170. The van der Waals surface area contributed by atoms with Crippen molar-refractivity contribution in [3.63, 3.8) is 0 Å². The highest BCUT2D eigenvalue weighted by Crippen LogP contribution is 2.20. The number of hydrogen-bond acceptors (Lipinski definition) is 6. The standard InChI is InChI=1S/C21H20O6S/c1-3-14-6-9-18-17(11-20(22)27-19(18)10-14)12-26-21(23)16-7-4-15(5-8-16)13-28(2,24)25/h4-11H,3,12-13H2,1-2H3. The molecule has 0 unspecified atom stereocenters. The molecule has 0 atom stereocenters. The molecule has 146 valence electrons. The van der Waals surface area contributed by atoms with Crippen molar-refractivity contribution in [3.8, 4) is 0 Å². The maximum atomic E-state index is 12.3. The van der Waals surface area contributed by atoms with Gasteiger partial charge in [-0.25, -0.2) is 18.0 Å². The highest BCUT2D eigenvalue weighted by atomic mass is 32.2. The molecule has 0 aliphatic rings. The number of sulfone groups is 1. The molecule has 28 heavy (non-hydrogen) atoms. The molecule has 0 N–H and O–H groups in total. The first-order chi connectivity index (χ1) is 13.2. The van der Waals surface area contributed by atoms with E-state index in [-0.39, 0.29) is 12.4 Å². The number of hydrogen-bond donors (Lipinski definition) is 0. The largest absolute Gasteiger partial charge is 0.457 e. The summed E-state index contributed by atoms with van der Waals surface area (Å²) in [5, 5.41) is 0.716. The maximum absolute atomic E-state index is 12.3. The molecule has 1 heterocycles. The molecule has 0 saturated carbocycles. The number of carbonyl (C=O) groups is 1. The van der Waals surface area contributed by atoms with E-state index in [1.54, 1.807) is 12.1 Å². The van der Waals surface area contributed by atoms with Gasteiger partial charge in [-0.05, 0) is 35.7 Å². The fraction of sp³-hybridized carbons (Fsp3) is 0.238. The van der Waals surface area contributed by atoms with Crippen molar-refractivity contribution in [1.29, 1.82) is 0 Å². The molecular weight excluding hydrogens is 380 g/mol. The van der Waals surface area contributed by atoms with Crippen LogP contribution in [0.4, 0.5) is 0 Å². The van der Waals surface area contributed by atoms with Gasteiger partial charge < -0.3 is 9.15 Å². The first kappa shape index (κ1) is 19.8. The van der Waals surface area contributed by atoms with Crippen LogP contribution in [0.15, 0.2) is 57.7 Å². The molecule has 3 rings (SSSR count). The third kappa shape index (κ3) is 4.86. The highest BCUT2D eigenvalue weighted by molar-refractivity contribution is 7.89. The molecule has 0 bridgehead atoms. The molecule has 1 aromatic heterocycles. The van der Waals surface area contributed by atoms with Gasteiger partial charge in [-0.3, -0.25) is 0 Å². The van der Waals surface area contributed by atoms with Crippen molar-refractivity contribution in [2.24, 2.45) is 0 Å². The van der Waals surface area contributed by atoms with Gasteiger partial charge >= 0.3 is 11.6 Å². The monoisotopic (exact) mass is 400 g/mol. The van der Waals surface area contributed by atoms with Crippen LogP contribution in [0, 0.1) is 0 Å². The quantitative estimate of drug-likeness (QED) is 0.466. The van der Waals surface area contributed by atoms with Crippen LogP contribution in [0.2, 0.25) is 0 Å². The number of fused-ring (bicyclic) bond motifs is 1. The predicted molar refractivity (Wildman–Crippen MR) is 106 cm³/mol.